The molecule has 1 rings (SSSR count). The van der Waals surface area contributed by atoms with Crippen LogP contribution in [0, 0.1) is 0 Å². The SMILES string of the molecule is C=CC(C)N1CCCC(C)(OC)C1. The van der Waals surface area contributed by atoms with Gasteiger partial charge in [0.2, 0.25) is 0 Å². The molecule has 1 aliphatic heterocycles. The highest BCUT2D eigenvalue weighted by atomic mass is 16.5. The van der Waals surface area contributed by atoms with Crippen LogP contribution < -0.4 is 0 Å². The molecule has 2 nitrogen and oxygen atoms in total. The lowest BCUT2D eigenvalue weighted by molar-refractivity contribution is -0.0553. The molecule has 76 valence electrons. The van der Waals surface area contributed by atoms with Crippen LogP contribution in [0.4, 0.5) is 0 Å². The van der Waals surface area contributed by atoms with Crippen molar-refractivity contribution in [3.63, 3.8) is 0 Å². The second-order valence-electron chi connectivity index (χ2n) is 4.20. The molecule has 0 N–H and O–H groups in total. The molecule has 0 aromatic heterocycles. The summed E-state index contributed by atoms with van der Waals surface area (Å²) < 4.78 is 5.53. The molecule has 1 heterocycles. The average Bonchev–Trinajstić information content (AvgIpc) is 2.17. The van der Waals surface area contributed by atoms with Crippen molar-refractivity contribution >= 4 is 0 Å². The fraction of sp³-hybridized carbons (Fsp3) is 0.818. The molecule has 1 fully saturated rings. The first-order valence-corrected chi connectivity index (χ1v) is 5.03. The van der Waals surface area contributed by atoms with Crippen LogP contribution in [0.15, 0.2) is 12.7 Å². The third kappa shape index (κ3) is 2.55. The second kappa shape index (κ2) is 4.25. The van der Waals surface area contributed by atoms with E-state index in [0.717, 1.165) is 6.54 Å². The van der Waals surface area contributed by atoms with Gasteiger partial charge in [0.1, 0.15) is 0 Å². The molecular weight excluding hydrogens is 162 g/mol. The topological polar surface area (TPSA) is 12.5 Å². The van der Waals surface area contributed by atoms with Crippen LogP contribution in [0.2, 0.25) is 0 Å². The monoisotopic (exact) mass is 183 g/mol. The van der Waals surface area contributed by atoms with Gasteiger partial charge < -0.3 is 4.74 Å². The summed E-state index contributed by atoms with van der Waals surface area (Å²) in [4.78, 5) is 2.43. The van der Waals surface area contributed by atoms with Crippen LogP contribution in [0.25, 0.3) is 0 Å². The summed E-state index contributed by atoms with van der Waals surface area (Å²) in [5, 5.41) is 0. The lowest BCUT2D eigenvalue weighted by Gasteiger charge is -2.41. The highest BCUT2D eigenvalue weighted by Crippen LogP contribution is 2.25. The molecule has 2 atom stereocenters. The van der Waals surface area contributed by atoms with E-state index in [1.54, 1.807) is 0 Å². The normalized spacial score (nSPS) is 32.8. The Balaban J connectivity index is 2.55. The van der Waals surface area contributed by atoms with E-state index >= 15 is 0 Å². The van der Waals surface area contributed by atoms with E-state index in [9.17, 15) is 0 Å². The molecular formula is C11H21NO. The van der Waals surface area contributed by atoms with Gasteiger partial charge in [-0.3, -0.25) is 4.90 Å². The van der Waals surface area contributed by atoms with Crippen molar-refractivity contribution in [2.75, 3.05) is 20.2 Å². The minimum absolute atomic E-state index is 0.0511. The smallest absolute Gasteiger partial charge is 0.0777 e. The molecule has 0 amide bonds. The van der Waals surface area contributed by atoms with Gasteiger partial charge >= 0.3 is 0 Å². The summed E-state index contributed by atoms with van der Waals surface area (Å²) >= 11 is 0. The van der Waals surface area contributed by atoms with Crippen molar-refractivity contribution in [2.45, 2.75) is 38.3 Å². The maximum atomic E-state index is 5.53. The van der Waals surface area contributed by atoms with Crippen LogP contribution in [-0.4, -0.2) is 36.7 Å². The van der Waals surface area contributed by atoms with Crippen molar-refractivity contribution in [3.8, 4) is 0 Å². The summed E-state index contributed by atoms with van der Waals surface area (Å²) in [5.74, 6) is 0. The zero-order valence-corrected chi connectivity index (χ0v) is 9.05. The Kier molecular flexibility index (Phi) is 3.51. The Morgan fingerprint density at radius 1 is 1.62 bits per heavy atom. The van der Waals surface area contributed by atoms with Crippen molar-refractivity contribution in [3.05, 3.63) is 12.7 Å². The van der Waals surface area contributed by atoms with Gasteiger partial charge in [0, 0.05) is 19.7 Å². The quantitative estimate of drug-likeness (QED) is 0.621. The van der Waals surface area contributed by atoms with Gasteiger partial charge in [-0.1, -0.05) is 6.08 Å². The number of rotatable bonds is 3. The average molecular weight is 183 g/mol. The minimum Gasteiger partial charge on any atom is -0.377 e. The van der Waals surface area contributed by atoms with Crippen LogP contribution in [-0.2, 0) is 4.74 Å². The number of piperidine rings is 1. The van der Waals surface area contributed by atoms with Crippen molar-refractivity contribution in [1.82, 2.24) is 4.90 Å². The van der Waals surface area contributed by atoms with E-state index in [4.69, 9.17) is 4.74 Å². The molecule has 0 bridgehead atoms. The van der Waals surface area contributed by atoms with Crippen LogP contribution in [0.3, 0.4) is 0 Å². The Hall–Kier alpha value is -0.340. The molecule has 1 saturated heterocycles. The van der Waals surface area contributed by atoms with Gasteiger partial charge in [-0.2, -0.15) is 0 Å². The molecule has 0 radical (unpaired) electrons. The van der Waals surface area contributed by atoms with E-state index in [0.29, 0.717) is 6.04 Å². The van der Waals surface area contributed by atoms with Gasteiger partial charge in [-0.25, -0.2) is 0 Å². The van der Waals surface area contributed by atoms with Crippen LogP contribution >= 0.6 is 0 Å². The lowest BCUT2D eigenvalue weighted by atomic mass is 9.94. The Morgan fingerprint density at radius 3 is 2.85 bits per heavy atom. The minimum atomic E-state index is 0.0511. The first kappa shape index (κ1) is 10.7. The molecule has 2 unspecified atom stereocenters. The first-order chi connectivity index (χ1) is 6.11. The lowest BCUT2D eigenvalue weighted by Crippen LogP contribution is -2.49. The van der Waals surface area contributed by atoms with Crippen molar-refractivity contribution in [1.29, 1.82) is 0 Å². The molecule has 2 heteroatoms. The summed E-state index contributed by atoms with van der Waals surface area (Å²) in [6.07, 6.45) is 4.40. The summed E-state index contributed by atoms with van der Waals surface area (Å²) in [6.45, 7) is 10.4. The van der Waals surface area contributed by atoms with E-state index < -0.39 is 0 Å². The third-order valence-corrected chi connectivity index (χ3v) is 3.10. The van der Waals surface area contributed by atoms with Crippen LogP contribution in [0.1, 0.15) is 26.7 Å². The standard InChI is InChI=1S/C11H21NO/c1-5-10(2)12-8-6-7-11(3,9-12)13-4/h5,10H,1,6-9H2,2-4H3. The highest BCUT2D eigenvalue weighted by Gasteiger charge is 2.31. The molecule has 13 heavy (non-hydrogen) atoms. The summed E-state index contributed by atoms with van der Waals surface area (Å²) in [6, 6.07) is 0.467. The fourth-order valence-corrected chi connectivity index (χ4v) is 1.91. The molecule has 1 aliphatic rings. The Bertz CT molecular complexity index is 181. The zero-order chi connectivity index (χ0) is 9.90. The number of likely N-dealkylation sites (tertiary alicyclic amines) is 1. The Morgan fingerprint density at radius 2 is 2.31 bits per heavy atom. The van der Waals surface area contributed by atoms with Crippen LogP contribution in [0.5, 0.6) is 0 Å². The third-order valence-electron chi connectivity index (χ3n) is 3.10. The number of hydrogen-bond acceptors (Lipinski definition) is 2. The number of nitrogens with zero attached hydrogens (tertiary/aromatic N) is 1. The van der Waals surface area contributed by atoms with Gasteiger partial charge in [0.15, 0.2) is 0 Å². The maximum absolute atomic E-state index is 5.53. The molecule has 0 spiro atoms. The first-order valence-electron chi connectivity index (χ1n) is 5.03. The summed E-state index contributed by atoms with van der Waals surface area (Å²) in [5.41, 5.74) is 0.0511. The predicted octanol–water partition coefficient (Wildman–Crippen LogP) is 2.06. The molecule has 0 aromatic rings. The predicted molar refractivity (Wildman–Crippen MR) is 55.9 cm³/mol. The van der Waals surface area contributed by atoms with E-state index in [-0.39, 0.29) is 5.60 Å². The van der Waals surface area contributed by atoms with Gasteiger partial charge in [-0.05, 0) is 33.2 Å². The largest absolute Gasteiger partial charge is 0.377 e. The Labute approximate surface area is 81.6 Å². The molecule has 0 aliphatic carbocycles. The fourth-order valence-electron chi connectivity index (χ4n) is 1.91. The maximum Gasteiger partial charge on any atom is 0.0777 e. The zero-order valence-electron chi connectivity index (χ0n) is 9.05. The van der Waals surface area contributed by atoms with Gasteiger partial charge in [0.25, 0.3) is 0 Å². The van der Waals surface area contributed by atoms with E-state index in [2.05, 4.69) is 25.3 Å². The summed E-state index contributed by atoms with van der Waals surface area (Å²) in [7, 11) is 1.81. The number of methoxy groups -OCH3 is 1. The van der Waals surface area contributed by atoms with Crippen molar-refractivity contribution in [2.24, 2.45) is 0 Å². The van der Waals surface area contributed by atoms with Gasteiger partial charge in [0.05, 0.1) is 5.60 Å². The second-order valence-corrected chi connectivity index (χ2v) is 4.20. The number of hydrogen-bond donors (Lipinski definition) is 0. The van der Waals surface area contributed by atoms with E-state index in [1.807, 2.05) is 13.2 Å². The molecule has 0 saturated carbocycles. The molecule has 0 aromatic carbocycles. The van der Waals surface area contributed by atoms with Gasteiger partial charge in [-0.15, -0.1) is 6.58 Å². The number of ether oxygens (including phenoxy) is 1. The highest BCUT2D eigenvalue weighted by molar-refractivity contribution is 4.92. The van der Waals surface area contributed by atoms with E-state index in [1.165, 1.54) is 19.4 Å². The van der Waals surface area contributed by atoms with Crippen molar-refractivity contribution < 1.29 is 4.74 Å².